The number of benzene rings is 2. The van der Waals surface area contributed by atoms with Crippen molar-refractivity contribution >= 4 is 23.0 Å². The van der Waals surface area contributed by atoms with E-state index >= 15 is 0 Å². The summed E-state index contributed by atoms with van der Waals surface area (Å²) in [6, 6.07) is 16.2. The minimum atomic E-state index is -0.392. The highest BCUT2D eigenvalue weighted by molar-refractivity contribution is 6.04. The summed E-state index contributed by atoms with van der Waals surface area (Å²) in [5.74, 6) is -0.706. The Morgan fingerprint density at radius 3 is 2.85 bits per heavy atom. The Bertz CT molecular complexity index is 973. The molecule has 130 valence electrons. The van der Waals surface area contributed by atoms with Gasteiger partial charge in [-0.05, 0) is 49.2 Å². The van der Waals surface area contributed by atoms with Crippen LogP contribution in [0, 0.1) is 5.82 Å². The van der Waals surface area contributed by atoms with Crippen LogP contribution in [-0.2, 0) is 6.42 Å². The first kappa shape index (κ1) is 16.3. The third-order valence-electron chi connectivity index (χ3n) is 4.55. The quantitative estimate of drug-likeness (QED) is 0.756. The molecule has 0 bridgehead atoms. The van der Waals surface area contributed by atoms with Crippen molar-refractivity contribution in [3.05, 3.63) is 83.9 Å². The summed E-state index contributed by atoms with van der Waals surface area (Å²) >= 11 is 0. The minimum Gasteiger partial charge on any atom is -0.337 e. The van der Waals surface area contributed by atoms with Gasteiger partial charge in [-0.15, -0.1) is 0 Å². The SMILES string of the molecule is CC1Cc2ccccc2N1c1cncc(C(=O)Nc2cccc(F)c2)c1. The molecule has 0 saturated heterocycles. The monoisotopic (exact) mass is 347 g/mol. The summed E-state index contributed by atoms with van der Waals surface area (Å²) in [7, 11) is 0. The molecule has 1 aliphatic heterocycles. The first-order valence-electron chi connectivity index (χ1n) is 8.51. The van der Waals surface area contributed by atoms with Gasteiger partial charge in [-0.2, -0.15) is 0 Å². The Balaban J connectivity index is 1.62. The minimum absolute atomic E-state index is 0.288. The van der Waals surface area contributed by atoms with E-state index in [0.717, 1.165) is 17.8 Å². The summed E-state index contributed by atoms with van der Waals surface area (Å²) in [4.78, 5) is 19.0. The Morgan fingerprint density at radius 1 is 1.15 bits per heavy atom. The topological polar surface area (TPSA) is 45.2 Å². The number of hydrogen-bond donors (Lipinski definition) is 1. The fraction of sp³-hybridized carbons (Fsp3) is 0.143. The van der Waals surface area contributed by atoms with Crippen molar-refractivity contribution in [2.75, 3.05) is 10.2 Å². The van der Waals surface area contributed by atoms with Crippen molar-refractivity contribution in [1.82, 2.24) is 4.98 Å². The number of halogens is 1. The summed E-state index contributed by atoms with van der Waals surface area (Å²) < 4.78 is 13.3. The van der Waals surface area contributed by atoms with Crippen LogP contribution in [0.3, 0.4) is 0 Å². The molecule has 0 aliphatic carbocycles. The molecule has 4 rings (SSSR count). The van der Waals surface area contributed by atoms with Crippen LogP contribution in [-0.4, -0.2) is 16.9 Å². The van der Waals surface area contributed by atoms with Crippen LogP contribution in [0.4, 0.5) is 21.5 Å². The second-order valence-corrected chi connectivity index (χ2v) is 6.45. The predicted octanol–water partition coefficient (Wildman–Crippen LogP) is 4.56. The predicted molar refractivity (Wildman–Crippen MR) is 100 cm³/mol. The molecular formula is C21H18FN3O. The molecule has 0 spiro atoms. The standard InChI is InChI=1S/C21H18FN3O/c1-14-9-15-5-2-3-8-20(15)25(14)19-10-16(12-23-13-19)21(26)24-18-7-4-6-17(22)11-18/h2-8,10-14H,9H2,1H3,(H,24,26). The molecule has 3 aromatic rings. The van der Waals surface area contributed by atoms with Crippen LogP contribution < -0.4 is 10.2 Å². The molecule has 5 heteroatoms. The van der Waals surface area contributed by atoms with Gasteiger partial charge in [0.2, 0.25) is 0 Å². The molecule has 0 radical (unpaired) electrons. The maximum Gasteiger partial charge on any atom is 0.257 e. The highest BCUT2D eigenvalue weighted by atomic mass is 19.1. The highest BCUT2D eigenvalue weighted by Gasteiger charge is 2.27. The van der Waals surface area contributed by atoms with Crippen LogP contribution in [0.15, 0.2) is 67.0 Å². The summed E-state index contributed by atoms with van der Waals surface area (Å²) in [5.41, 5.74) is 4.15. The molecule has 0 fully saturated rings. The first-order valence-corrected chi connectivity index (χ1v) is 8.51. The second kappa shape index (κ2) is 6.59. The summed E-state index contributed by atoms with van der Waals surface area (Å²) in [6.45, 7) is 2.15. The van der Waals surface area contributed by atoms with E-state index in [1.807, 2.05) is 18.2 Å². The number of aromatic nitrogens is 1. The smallest absolute Gasteiger partial charge is 0.257 e. The maximum atomic E-state index is 13.3. The van der Waals surface area contributed by atoms with Crippen molar-refractivity contribution in [3.63, 3.8) is 0 Å². The van der Waals surface area contributed by atoms with Crippen molar-refractivity contribution < 1.29 is 9.18 Å². The van der Waals surface area contributed by atoms with Gasteiger partial charge in [-0.3, -0.25) is 9.78 Å². The van der Waals surface area contributed by atoms with E-state index < -0.39 is 5.82 Å². The third kappa shape index (κ3) is 3.04. The fourth-order valence-electron chi connectivity index (χ4n) is 3.41. The van der Waals surface area contributed by atoms with Crippen molar-refractivity contribution in [3.8, 4) is 0 Å². The lowest BCUT2D eigenvalue weighted by Crippen LogP contribution is -2.24. The number of hydrogen-bond acceptors (Lipinski definition) is 3. The lowest BCUT2D eigenvalue weighted by molar-refractivity contribution is 0.102. The zero-order chi connectivity index (χ0) is 18.1. The molecule has 2 heterocycles. The number of fused-ring (bicyclic) bond motifs is 1. The molecule has 1 aliphatic rings. The van der Waals surface area contributed by atoms with E-state index in [1.165, 1.54) is 23.9 Å². The third-order valence-corrected chi connectivity index (χ3v) is 4.55. The fourth-order valence-corrected chi connectivity index (χ4v) is 3.41. The highest BCUT2D eigenvalue weighted by Crippen LogP contribution is 2.37. The van der Waals surface area contributed by atoms with E-state index in [-0.39, 0.29) is 11.9 Å². The largest absolute Gasteiger partial charge is 0.337 e. The summed E-state index contributed by atoms with van der Waals surface area (Å²) in [6.07, 6.45) is 4.23. The number of rotatable bonds is 3. The molecule has 2 aromatic carbocycles. The lowest BCUT2D eigenvalue weighted by Gasteiger charge is -2.25. The van der Waals surface area contributed by atoms with E-state index in [4.69, 9.17) is 0 Å². The van der Waals surface area contributed by atoms with Gasteiger partial charge in [-0.1, -0.05) is 24.3 Å². The van der Waals surface area contributed by atoms with Crippen molar-refractivity contribution in [2.45, 2.75) is 19.4 Å². The zero-order valence-corrected chi connectivity index (χ0v) is 14.3. The van der Waals surface area contributed by atoms with Crippen LogP contribution in [0.2, 0.25) is 0 Å². The Hall–Kier alpha value is -3.21. The van der Waals surface area contributed by atoms with Gasteiger partial charge in [0.05, 0.1) is 17.4 Å². The number of anilines is 3. The Morgan fingerprint density at radius 2 is 2.00 bits per heavy atom. The van der Waals surface area contributed by atoms with Crippen molar-refractivity contribution in [2.24, 2.45) is 0 Å². The van der Waals surface area contributed by atoms with Gasteiger partial charge < -0.3 is 10.2 Å². The number of pyridine rings is 1. The number of para-hydroxylation sites is 1. The molecule has 1 amide bonds. The van der Waals surface area contributed by atoms with Gasteiger partial charge in [-0.25, -0.2) is 4.39 Å². The number of carbonyl (C=O) groups is 1. The van der Waals surface area contributed by atoms with E-state index in [2.05, 4.69) is 34.3 Å². The maximum absolute atomic E-state index is 13.3. The first-order chi connectivity index (χ1) is 12.6. The molecule has 1 atom stereocenters. The molecular weight excluding hydrogens is 329 g/mol. The zero-order valence-electron chi connectivity index (χ0n) is 14.3. The number of amides is 1. The number of nitrogens with one attached hydrogen (secondary N) is 1. The van der Waals surface area contributed by atoms with Gasteiger partial charge in [0.15, 0.2) is 0 Å². The van der Waals surface area contributed by atoms with Crippen LogP contribution in [0.5, 0.6) is 0 Å². The molecule has 4 nitrogen and oxygen atoms in total. The molecule has 1 N–H and O–H groups in total. The van der Waals surface area contributed by atoms with Gasteiger partial charge in [0.25, 0.3) is 5.91 Å². The Kier molecular flexibility index (Phi) is 4.13. The molecule has 26 heavy (non-hydrogen) atoms. The van der Waals surface area contributed by atoms with Crippen molar-refractivity contribution in [1.29, 1.82) is 0 Å². The Labute approximate surface area is 151 Å². The number of nitrogens with zero attached hydrogens (tertiary/aromatic N) is 2. The lowest BCUT2D eigenvalue weighted by atomic mass is 10.1. The molecule has 1 unspecified atom stereocenters. The normalized spacial score (nSPS) is 15.6. The average Bonchev–Trinajstić information content (AvgIpc) is 2.97. The average molecular weight is 347 g/mol. The van der Waals surface area contributed by atoms with Crippen LogP contribution in [0.25, 0.3) is 0 Å². The number of carbonyl (C=O) groups excluding carboxylic acids is 1. The summed E-state index contributed by atoms with van der Waals surface area (Å²) in [5, 5.41) is 2.71. The van der Waals surface area contributed by atoms with E-state index in [0.29, 0.717) is 11.3 Å². The van der Waals surface area contributed by atoms with E-state index in [1.54, 1.807) is 18.3 Å². The molecule has 1 aromatic heterocycles. The van der Waals surface area contributed by atoms with E-state index in [9.17, 15) is 9.18 Å². The van der Waals surface area contributed by atoms with Crippen LogP contribution >= 0.6 is 0 Å². The second-order valence-electron chi connectivity index (χ2n) is 6.45. The van der Waals surface area contributed by atoms with Crippen LogP contribution in [0.1, 0.15) is 22.8 Å². The molecule has 0 saturated carbocycles. The van der Waals surface area contributed by atoms with Gasteiger partial charge >= 0.3 is 0 Å². The van der Waals surface area contributed by atoms with Gasteiger partial charge in [0, 0.05) is 23.6 Å². The van der Waals surface area contributed by atoms with Gasteiger partial charge in [0.1, 0.15) is 5.82 Å².